The first-order chi connectivity index (χ1) is 14.5. The summed E-state index contributed by atoms with van der Waals surface area (Å²) in [5.74, 6) is -2.27. The lowest BCUT2D eigenvalue weighted by Gasteiger charge is -2.24. The zero-order chi connectivity index (χ0) is 23.2. The average molecular weight is 438 g/mol. The van der Waals surface area contributed by atoms with Crippen molar-refractivity contribution < 1.29 is 37.7 Å². The van der Waals surface area contributed by atoms with Crippen LogP contribution in [0.5, 0.6) is 5.75 Å². The Morgan fingerprint density at radius 2 is 1.90 bits per heavy atom. The van der Waals surface area contributed by atoms with Gasteiger partial charge in [-0.05, 0) is 32.9 Å². The van der Waals surface area contributed by atoms with Gasteiger partial charge in [-0.15, -0.1) is 0 Å². The highest BCUT2D eigenvalue weighted by molar-refractivity contribution is 5.98. The molecule has 9 nitrogen and oxygen atoms in total. The van der Waals surface area contributed by atoms with Gasteiger partial charge in [-0.1, -0.05) is 0 Å². The second kappa shape index (κ2) is 10.1. The van der Waals surface area contributed by atoms with E-state index in [0.717, 1.165) is 26.4 Å². The van der Waals surface area contributed by atoms with E-state index >= 15 is 0 Å². The first kappa shape index (κ1) is 24.0. The number of carbonyl (C=O) groups is 3. The SMILES string of the molecule is COC(=O)/C=C(/Nc1ccc(OC2CCN(C(=O)OC(C)(C)C)C2)c(F)c1)C(=O)OC. The third kappa shape index (κ3) is 7.16. The van der Waals surface area contributed by atoms with E-state index in [1.54, 1.807) is 20.8 Å². The van der Waals surface area contributed by atoms with Gasteiger partial charge in [0.15, 0.2) is 11.6 Å². The maximum Gasteiger partial charge on any atom is 0.410 e. The maximum atomic E-state index is 14.5. The summed E-state index contributed by atoms with van der Waals surface area (Å²) in [5, 5.41) is 2.62. The Morgan fingerprint density at radius 3 is 2.48 bits per heavy atom. The zero-order valence-electron chi connectivity index (χ0n) is 18.2. The van der Waals surface area contributed by atoms with E-state index in [2.05, 4.69) is 14.8 Å². The number of likely N-dealkylation sites (tertiary alicyclic amines) is 1. The molecule has 1 N–H and O–H groups in total. The third-order valence-corrected chi connectivity index (χ3v) is 4.17. The van der Waals surface area contributed by atoms with Crippen molar-refractivity contribution in [1.82, 2.24) is 4.90 Å². The minimum atomic E-state index is -0.820. The van der Waals surface area contributed by atoms with Crippen molar-refractivity contribution in [3.63, 3.8) is 0 Å². The Balaban J connectivity index is 2.03. The van der Waals surface area contributed by atoms with E-state index in [1.165, 1.54) is 17.0 Å². The molecule has 0 bridgehead atoms. The van der Waals surface area contributed by atoms with Crippen LogP contribution in [0.1, 0.15) is 27.2 Å². The van der Waals surface area contributed by atoms with Gasteiger partial charge in [0.2, 0.25) is 0 Å². The molecule has 1 amide bonds. The van der Waals surface area contributed by atoms with Gasteiger partial charge in [-0.2, -0.15) is 0 Å². The average Bonchev–Trinajstić information content (AvgIpc) is 3.16. The summed E-state index contributed by atoms with van der Waals surface area (Å²) in [6, 6.07) is 3.98. The minimum Gasteiger partial charge on any atom is -0.485 e. The normalized spacial score (nSPS) is 16.5. The maximum absolute atomic E-state index is 14.5. The highest BCUT2D eigenvalue weighted by atomic mass is 19.1. The van der Waals surface area contributed by atoms with E-state index in [-0.39, 0.29) is 29.8 Å². The summed E-state index contributed by atoms with van der Waals surface area (Å²) in [6.45, 7) is 6.08. The van der Waals surface area contributed by atoms with Gasteiger partial charge in [0.25, 0.3) is 0 Å². The number of methoxy groups -OCH3 is 2. The number of halogens is 1. The first-order valence-corrected chi connectivity index (χ1v) is 9.61. The Kier molecular flexibility index (Phi) is 7.84. The first-order valence-electron chi connectivity index (χ1n) is 9.61. The largest absolute Gasteiger partial charge is 0.485 e. The molecular weight excluding hydrogens is 411 g/mol. The lowest BCUT2D eigenvalue weighted by atomic mass is 10.2. The fourth-order valence-corrected chi connectivity index (χ4v) is 2.76. The number of carbonyl (C=O) groups excluding carboxylic acids is 3. The van der Waals surface area contributed by atoms with Gasteiger partial charge in [-0.25, -0.2) is 18.8 Å². The number of amides is 1. The molecular formula is C21H27FN2O7. The smallest absolute Gasteiger partial charge is 0.410 e. The van der Waals surface area contributed by atoms with E-state index in [1.807, 2.05) is 0 Å². The number of esters is 2. The summed E-state index contributed by atoms with van der Waals surface area (Å²) in [6.07, 6.45) is 0.613. The molecule has 0 aliphatic carbocycles. The summed E-state index contributed by atoms with van der Waals surface area (Å²) < 4.78 is 34.7. The number of nitrogens with zero attached hydrogens (tertiary/aromatic N) is 1. The minimum absolute atomic E-state index is 0.00171. The van der Waals surface area contributed by atoms with Gasteiger partial charge in [0, 0.05) is 24.7 Å². The van der Waals surface area contributed by atoms with Crippen LogP contribution in [0.4, 0.5) is 14.9 Å². The van der Waals surface area contributed by atoms with E-state index in [4.69, 9.17) is 9.47 Å². The quantitative estimate of drug-likeness (QED) is 0.411. The molecule has 1 saturated heterocycles. The molecule has 31 heavy (non-hydrogen) atoms. The molecule has 0 aromatic heterocycles. The van der Waals surface area contributed by atoms with Crippen LogP contribution in [-0.4, -0.2) is 61.9 Å². The molecule has 0 radical (unpaired) electrons. The lowest BCUT2D eigenvalue weighted by Crippen LogP contribution is -2.36. The van der Waals surface area contributed by atoms with Gasteiger partial charge in [-0.3, -0.25) is 0 Å². The molecule has 0 saturated carbocycles. The fourth-order valence-electron chi connectivity index (χ4n) is 2.76. The molecule has 10 heteroatoms. The van der Waals surface area contributed by atoms with Crippen LogP contribution in [0.25, 0.3) is 0 Å². The van der Waals surface area contributed by atoms with Crippen LogP contribution in [0.3, 0.4) is 0 Å². The van der Waals surface area contributed by atoms with E-state index in [9.17, 15) is 18.8 Å². The van der Waals surface area contributed by atoms with Crippen LogP contribution in [0.2, 0.25) is 0 Å². The topological polar surface area (TPSA) is 103 Å². The number of anilines is 1. The molecule has 1 atom stereocenters. The van der Waals surface area contributed by atoms with E-state index in [0.29, 0.717) is 13.0 Å². The number of hydrogen-bond acceptors (Lipinski definition) is 8. The van der Waals surface area contributed by atoms with Crippen LogP contribution in [-0.2, 0) is 23.8 Å². The highest BCUT2D eigenvalue weighted by Gasteiger charge is 2.31. The van der Waals surface area contributed by atoms with Crippen LogP contribution >= 0.6 is 0 Å². The van der Waals surface area contributed by atoms with Crippen molar-refractivity contribution in [2.75, 3.05) is 32.6 Å². The van der Waals surface area contributed by atoms with Gasteiger partial charge in [0.05, 0.1) is 26.8 Å². The summed E-state index contributed by atoms with van der Waals surface area (Å²) in [7, 11) is 2.31. The third-order valence-electron chi connectivity index (χ3n) is 4.17. The number of nitrogens with one attached hydrogen (secondary N) is 1. The molecule has 0 spiro atoms. The number of benzene rings is 1. The number of rotatable bonds is 6. The highest BCUT2D eigenvalue weighted by Crippen LogP contribution is 2.26. The molecule has 1 unspecified atom stereocenters. The molecule has 1 fully saturated rings. The zero-order valence-corrected chi connectivity index (χ0v) is 18.2. The second-order valence-electron chi connectivity index (χ2n) is 7.80. The Morgan fingerprint density at radius 1 is 1.19 bits per heavy atom. The van der Waals surface area contributed by atoms with Crippen molar-refractivity contribution >= 4 is 23.7 Å². The lowest BCUT2D eigenvalue weighted by molar-refractivity contribution is -0.138. The monoisotopic (exact) mass is 438 g/mol. The Hall–Kier alpha value is -3.30. The van der Waals surface area contributed by atoms with Crippen LogP contribution in [0, 0.1) is 5.82 Å². The predicted molar refractivity (Wildman–Crippen MR) is 109 cm³/mol. The molecule has 170 valence electrons. The molecule has 1 aromatic rings. The standard InChI is InChI=1S/C21H27FN2O7/c1-21(2,3)31-20(27)24-9-8-14(12-24)30-17-7-6-13(10-15(17)22)23-16(19(26)29-5)11-18(25)28-4/h6-7,10-11,14,23H,8-9,12H2,1-5H3/b16-11+. The van der Waals surface area contributed by atoms with Crippen molar-refractivity contribution in [3.05, 3.63) is 35.8 Å². The van der Waals surface area contributed by atoms with Crippen molar-refractivity contribution in [3.8, 4) is 5.75 Å². The number of ether oxygens (including phenoxy) is 4. The Bertz CT molecular complexity index is 864. The van der Waals surface area contributed by atoms with Gasteiger partial charge >= 0.3 is 18.0 Å². The second-order valence-corrected chi connectivity index (χ2v) is 7.80. The van der Waals surface area contributed by atoms with Gasteiger partial charge in [0.1, 0.15) is 17.4 Å². The van der Waals surface area contributed by atoms with Crippen molar-refractivity contribution in [1.29, 1.82) is 0 Å². The van der Waals surface area contributed by atoms with E-state index < -0.39 is 29.5 Å². The van der Waals surface area contributed by atoms with Crippen molar-refractivity contribution in [2.45, 2.75) is 38.9 Å². The molecule has 1 aromatic carbocycles. The molecule has 1 aliphatic rings. The Labute approximate surface area is 180 Å². The molecule has 1 aliphatic heterocycles. The summed E-state index contributed by atoms with van der Waals surface area (Å²) in [4.78, 5) is 36.9. The summed E-state index contributed by atoms with van der Waals surface area (Å²) in [5.41, 5.74) is -0.616. The summed E-state index contributed by atoms with van der Waals surface area (Å²) >= 11 is 0. The van der Waals surface area contributed by atoms with Crippen LogP contribution < -0.4 is 10.1 Å². The van der Waals surface area contributed by atoms with Crippen molar-refractivity contribution in [2.24, 2.45) is 0 Å². The number of hydrogen-bond donors (Lipinski definition) is 1. The predicted octanol–water partition coefficient (Wildman–Crippen LogP) is 2.86. The van der Waals surface area contributed by atoms with Gasteiger partial charge < -0.3 is 29.2 Å². The molecule has 2 rings (SSSR count). The molecule has 1 heterocycles. The van der Waals surface area contributed by atoms with Crippen LogP contribution in [0.15, 0.2) is 30.0 Å². The fraction of sp³-hybridized carbons (Fsp3) is 0.476.